The number of thiophene rings is 1. The average molecular weight is 292 g/mol. The van der Waals surface area contributed by atoms with E-state index in [2.05, 4.69) is 0 Å². The Morgan fingerprint density at radius 1 is 1.45 bits per heavy atom. The Bertz CT molecular complexity index is 646. The van der Waals surface area contributed by atoms with Crippen LogP contribution in [0.5, 0.6) is 5.75 Å². The fraction of sp³-hybridized carbons (Fsp3) is 0.133. The number of hydrogen-bond acceptors (Lipinski definition) is 3. The molecule has 0 amide bonds. The molecule has 0 unspecified atom stereocenters. The lowest BCUT2D eigenvalue weighted by atomic mass is 10.2. The van der Waals surface area contributed by atoms with Crippen LogP contribution in [0.2, 0.25) is 0 Å². The van der Waals surface area contributed by atoms with Gasteiger partial charge in [-0.1, -0.05) is 0 Å². The van der Waals surface area contributed by atoms with Gasteiger partial charge in [0.1, 0.15) is 18.2 Å². The molecule has 0 radical (unpaired) electrons. The van der Waals surface area contributed by atoms with Gasteiger partial charge in [-0.2, -0.15) is 0 Å². The van der Waals surface area contributed by atoms with Crippen LogP contribution in [0.3, 0.4) is 0 Å². The number of rotatable bonds is 5. The number of carboxylic acids is 1. The van der Waals surface area contributed by atoms with Gasteiger partial charge in [0, 0.05) is 11.0 Å². The second kappa shape index (κ2) is 6.34. The van der Waals surface area contributed by atoms with Gasteiger partial charge in [0.2, 0.25) is 0 Å². The molecule has 0 aliphatic rings. The van der Waals surface area contributed by atoms with Gasteiger partial charge in [-0.25, -0.2) is 9.18 Å². The Balaban J connectivity index is 2.05. The topological polar surface area (TPSA) is 46.5 Å². The molecule has 1 N–H and O–H groups in total. The van der Waals surface area contributed by atoms with Crippen molar-refractivity contribution >= 4 is 23.4 Å². The minimum atomic E-state index is -0.989. The fourth-order valence-electron chi connectivity index (χ4n) is 1.63. The summed E-state index contributed by atoms with van der Waals surface area (Å²) in [5.74, 6) is -0.666. The van der Waals surface area contributed by atoms with Gasteiger partial charge in [0.25, 0.3) is 0 Å². The highest BCUT2D eigenvalue weighted by atomic mass is 32.1. The third-order valence-electron chi connectivity index (χ3n) is 2.68. The summed E-state index contributed by atoms with van der Waals surface area (Å²) in [7, 11) is 0. The van der Waals surface area contributed by atoms with Crippen molar-refractivity contribution in [3.05, 3.63) is 57.5 Å². The van der Waals surface area contributed by atoms with E-state index in [-0.39, 0.29) is 5.82 Å². The molecule has 0 fully saturated rings. The highest BCUT2D eigenvalue weighted by Crippen LogP contribution is 2.22. The predicted octanol–water partition coefficient (Wildman–Crippen LogP) is 3.87. The Hall–Kier alpha value is -2.14. The lowest BCUT2D eigenvalue weighted by molar-refractivity contribution is -0.131. The Morgan fingerprint density at radius 2 is 2.25 bits per heavy atom. The minimum absolute atomic E-state index is 0.265. The molecular formula is C15H13FO3S. The normalized spacial score (nSPS) is 10.9. The van der Waals surface area contributed by atoms with Crippen molar-refractivity contribution in [1.29, 1.82) is 0 Å². The second-order valence-corrected chi connectivity index (χ2v) is 5.17. The molecule has 0 atom stereocenters. The van der Waals surface area contributed by atoms with Crippen LogP contribution in [0.4, 0.5) is 4.39 Å². The van der Waals surface area contributed by atoms with Gasteiger partial charge in [-0.15, -0.1) is 11.3 Å². The van der Waals surface area contributed by atoms with Crippen molar-refractivity contribution < 1.29 is 19.0 Å². The Kier molecular flexibility index (Phi) is 4.53. The van der Waals surface area contributed by atoms with Crippen LogP contribution in [0.15, 0.2) is 35.7 Å². The van der Waals surface area contributed by atoms with Gasteiger partial charge >= 0.3 is 5.97 Å². The van der Waals surface area contributed by atoms with E-state index in [0.717, 1.165) is 16.5 Å². The van der Waals surface area contributed by atoms with Gasteiger partial charge in [0.05, 0.1) is 0 Å². The molecule has 2 rings (SSSR count). The molecule has 1 aromatic heterocycles. The van der Waals surface area contributed by atoms with Crippen LogP contribution in [0.1, 0.15) is 16.0 Å². The van der Waals surface area contributed by atoms with E-state index in [4.69, 9.17) is 9.84 Å². The number of carbonyl (C=O) groups is 1. The Morgan fingerprint density at radius 3 is 2.95 bits per heavy atom. The van der Waals surface area contributed by atoms with Crippen LogP contribution in [-0.2, 0) is 11.4 Å². The summed E-state index contributed by atoms with van der Waals surface area (Å²) in [6.45, 7) is 2.00. The minimum Gasteiger partial charge on any atom is -0.488 e. The Labute approximate surface area is 119 Å². The number of hydrogen-bond donors (Lipinski definition) is 1. The smallest absolute Gasteiger partial charge is 0.328 e. The molecule has 20 heavy (non-hydrogen) atoms. The van der Waals surface area contributed by atoms with Gasteiger partial charge < -0.3 is 9.84 Å². The van der Waals surface area contributed by atoms with Crippen molar-refractivity contribution in [2.75, 3.05) is 0 Å². The maximum atomic E-state index is 13.1. The maximum Gasteiger partial charge on any atom is 0.328 e. The van der Waals surface area contributed by atoms with Gasteiger partial charge in [-0.3, -0.25) is 0 Å². The van der Waals surface area contributed by atoms with Crippen LogP contribution < -0.4 is 4.74 Å². The first-order valence-electron chi connectivity index (χ1n) is 5.92. The zero-order chi connectivity index (χ0) is 14.5. The molecule has 1 heterocycles. The summed E-state index contributed by atoms with van der Waals surface area (Å²) in [5.41, 5.74) is 1.34. The molecule has 0 saturated heterocycles. The second-order valence-electron chi connectivity index (χ2n) is 4.17. The van der Waals surface area contributed by atoms with Crippen molar-refractivity contribution in [3.63, 3.8) is 0 Å². The largest absolute Gasteiger partial charge is 0.488 e. The predicted molar refractivity (Wildman–Crippen MR) is 76.5 cm³/mol. The molecule has 0 aliphatic heterocycles. The maximum absolute atomic E-state index is 13.1. The average Bonchev–Trinajstić information content (AvgIpc) is 2.85. The summed E-state index contributed by atoms with van der Waals surface area (Å²) in [6.07, 6.45) is 2.63. The first-order valence-corrected chi connectivity index (χ1v) is 6.80. The summed E-state index contributed by atoms with van der Waals surface area (Å²) >= 11 is 1.48. The highest BCUT2D eigenvalue weighted by Gasteiger charge is 2.05. The van der Waals surface area contributed by atoms with E-state index in [1.807, 2.05) is 11.4 Å². The van der Waals surface area contributed by atoms with E-state index < -0.39 is 5.97 Å². The molecule has 3 nitrogen and oxygen atoms in total. The standard InChI is InChI=1S/C15H13FO3S/c1-10-8-12(3-4-13(10)16)19-9-14-11(6-7-20-14)2-5-15(17)18/h2-8H,9H2,1H3,(H,17,18)/b5-2+. The molecule has 0 spiro atoms. The SMILES string of the molecule is Cc1cc(OCc2sccc2/C=C/C(=O)O)ccc1F. The van der Waals surface area contributed by atoms with E-state index >= 15 is 0 Å². The van der Waals surface area contributed by atoms with E-state index in [0.29, 0.717) is 17.9 Å². The van der Waals surface area contributed by atoms with E-state index in [1.165, 1.54) is 23.5 Å². The number of halogens is 1. The fourth-order valence-corrected chi connectivity index (χ4v) is 2.41. The molecule has 5 heteroatoms. The monoisotopic (exact) mass is 292 g/mol. The molecule has 1 aromatic carbocycles. The first kappa shape index (κ1) is 14.3. The third kappa shape index (κ3) is 3.68. The summed E-state index contributed by atoms with van der Waals surface area (Å²) < 4.78 is 18.7. The van der Waals surface area contributed by atoms with Crippen LogP contribution in [0, 0.1) is 12.7 Å². The molecule has 0 aliphatic carbocycles. The lowest BCUT2D eigenvalue weighted by Gasteiger charge is -2.07. The van der Waals surface area contributed by atoms with Crippen molar-refractivity contribution in [3.8, 4) is 5.75 Å². The third-order valence-corrected chi connectivity index (χ3v) is 3.59. The zero-order valence-corrected chi connectivity index (χ0v) is 11.6. The van der Waals surface area contributed by atoms with Gasteiger partial charge in [-0.05, 0) is 53.8 Å². The molecule has 104 valence electrons. The summed E-state index contributed by atoms with van der Waals surface area (Å²) in [4.78, 5) is 11.4. The quantitative estimate of drug-likeness (QED) is 0.851. The lowest BCUT2D eigenvalue weighted by Crippen LogP contribution is -1.96. The van der Waals surface area contributed by atoms with Gasteiger partial charge in [0.15, 0.2) is 0 Å². The number of ether oxygens (including phenoxy) is 1. The number of carboxylic acid groups (broad SMARTS) is 1. The highest BCUT2D eigenvalue weighted by molar-refractivity contribution is 7.10. The molecule has 0 saturated carbocycles. The molecule has 0 bridgehead atoms. The first-order chi connectivity index (χ1) is 9.56. The van der Waals surface area contributed by atoms with Crippen LogP contribution in [0.25, 0.3) is 6.08 Å². The van der Waals surface area contributed by atoms with Crippen molar-refractivity contribution in [1.82, 2.24) is 0 Å². The molecular weight excluding hydrogens is 279 g/mol. The van der Waals surface area contributed by atoms with Crippen LogP contribution in [-0.4, -0.2) is 11.1 Å². The van der Waals surface area contributed by atoms with E-state index in [9.17, 15) is 9.18 Å². The number of aliphatic carboxylic acids is 1. The van der Waals surface area contributed by atoms with Crippen LogP contribution >= 0.6 is 11.3 Å². The number of benzene rings is 1. The van der Waals surface area contributed by atoms with E-state index in [1.54, 1.807) is 19.1 Å². The summed E-state index contributed by atoms with van der Waals surface area (Å²) in [5, 5.41) is 10.5. The van der Waals surface area contributed by atoms with Crippen molar-refractivity contribution in [2.24, 2.45) is 0 Å². The van der Waals surface area contributed by atoms with Crippen molar-refractivity contribution in [2.45, 2.75) is 13.5 Å². The molecule has 2 aromatic rings. The zero-order valence-electron chi connectivity index (χ0n) is 10.8. The summed E-state index contributed by atoms with van der Waals surface area (Å²) in [6, 6.07) is 6.40. The number of aryl methyl sites for hydroxylation is 1.